The number of aromatic carboxylic acids is 1. The predicted octanol–water partition coefficient (Wildman–Crippen LogP) is 2.29. The van der Waals surface area contributed by atoms with Crippen molar-refractivity contribution in [2.45, 2.75) is 19.9 Å². The highest BCUT2D eigenvalue weighted by Gasteiger charge is 2.12. The lowest BCUT2D eigenvalue weighted by Crippen LogP contribution is -2.30. The standard InChI is InChI=1S/C16H16N2O4/c1-9(2)18-15(20)12-5-11(7-17-8-12)10-3-4-13(16(21)22)14(19)6-10/h3-9,19H,1-2H3,(H,18,20)(H,21,22). The van der Waals surface area contributed by atoms with Crippen LogP contribution in [0.1, 0.15) is 34.6 Å². The maximum Gasteiger partial charge on any atom is 0.339 e. The maximum absolute atomic E-state index is 12.0. The van der Waals surface area contributed by atoms with Crippen LogP contribution < -0.4 is 5.32 Å². The molecule has 0 radical (unpaired) electrons. The van der Waals surface area contributed by atoms with Crippen LogP contribution in [0, 0.1) is 0 Å². The van der Waals surface area contributed by atoms with Gasteiger partial charge in [0, 0.05) is 24.0 Å². The number of carbonyl (C=O) groups excluding carboxylic acids is 1. The van der Waals surface area contributed by atoms with E-state index >= 15 is 0 Å². The number of aromatic nitrogens is 1. The van der Waals surface area contributed by atoms with Gasteiger partial charge in [0.05, 0.1) is 5.56 Å². The quantitative estimate of drug-likeness (QED) is 0.804. The molecule has 22 heavy (non-hydrogen) atoms. The molecular formula is C16H16N2O4. The average Bonchev–Trinajstić information content (AvgIpc) is 2.46. The highest BCUT2D eigenvalue weighted by atomic mass is 16.4. The second kappa shape index (κ2) is 6.26. The molecule has 0 aliphatic rings. The van der Waals surface area contributed by atoms with Gasteiger partial charge in [0.2, 0.25) is 0 Å². The average molecular weight is 300 g/mol. The van der Waals surface area contributed by atoms with Gasteiger partial charge in [0.15, 0.2) is 0 Å². The van der Waals surface area contributed by atoms with Crippen LogP contribution in [0.25, 0.3) is 11.1 Å². The van der Waals surface area contributed by atoms with Gasteiger partial charge in [0.1, 0.15) is 11.3 Å². The summed E-state index contributed by atoms with van der Waals surface area (Å²) in [5.74, 6) is -1.77. The van der Waals surface area contributed by atoms with Crippen molar-refractivity contribution < 1.29 is 19.8 Å². The Labute approximate surface area is 127 Å². The van der Waals surface area contributed by atoms with Crippen LogP contribution in [0.3, 0.4) is 0 Å². The molecule has 0 spiro atoms. The third-order valence-corrected chi connectivity index (χ3v) is 2.98. The predicted molar refractivity (Wildman–Crippen MR) is 80.9 cm³/mol. The number of carboxylic acids is 1. The highest BCUT2D eigenvalue weighted by molar-refractivity contribution is 5.95. The number of nitrogens with zero attached hydrogens (tertiary/aromatic N) is 1. The van der Waals surface area contributed by atoms with Crippen molar-refractivity contribution in [3.05, 3.63) is 47.8 Å². The monoisotopic (exact) mass is 300 g/mol. The van der Waals surface area contributed by atoms with Gasteiger partial charge in [0.25, 0.3) is 5.91 Å². The zero-order chi connectivity index (χ0) is 16.3. The Hall–Kier alpha value is -2.89. The fraction of sp³-hybridized carbons (Fsp3) is 0.188. The molecule has 3 N–H and O–H groups in total. The molecule has 0 atom stereocenters. The van der Waals surface area contributed by atoms with Crippen molar-refractivity contribution in [3.63, 3.8) is 0 Å². The highest BCUT2D eigenvalue weighted by Crippen LogP contribution is 2.26. The number of amides is 1. The number of hydrogen-bond acceptors (Lipinski definition) is 4. The fourth-order valence-electron chi connectivity index (χ4n) is 1.96. The lowest BCUT2D eigenvalue weighted by Gasteiger charge is -2.09. The smallest absolute Gasteiger partial charge is 0.339 e. The largest absolute Gasteiger partial charge is 0.507 e. The van der Waals surface area contributed by atoms with Gasteiger partial charge < -0.3 is 15.5 Å². The van der Waals surface area contributed by atoms with E-state index in [1.807, 2.05) is 13.8 Å². The Balaban J connectivity index is 2.36. The third-order valence-electron chi connectivity index (χ3n) is 2.98. The minimum absolute atomic E-state index is 0.00931. The van der Waals surface area contributed by atoms with Crippen LogP contribution in [0.2, 0.25) is 0 Å². The van der Waals surface area contributed by atoms with E-state index in [1.54, 1.807) is 18.3 Å². The molecule has 0 aliphatic heterocycles. The molecule has 1 amide bonds. The summed E-state index contributed by atoms with van der Waals surface area (Å²) in [4.78, 5) is 26.9. The minimum atomic E-state index is -1.20. The molecule has 0 unspecified atom stereocenters. The Morgan fingerprint density at radius 1 is 1.14 bits per heavy atom. The molecule has 0 saturated heterocycles. The number of benzene rings is 1. The Morgan fingerprint density at radius 3 is 2.45 bits per heavy atom. The van der Waals surface area contributed by atoms with Crippen molar-refractivity contribution >= 4 is 11.9 Å². The zero-order valence-electron chi connectivity index (χ0n) is 12.2. The van der Waals surface area contributed by atoms with Gasteiger partial charge in [-0.15, -0.1) is 0 Å². The van der Waals surface area contributed by atoms with Crippen molar-refractivity contribution in [2.75, 3.05) is 0 Å². The van der Waals surface area contributed by atoms with E-state index in [9.17, 15) is 14.7 Å². The molecule has 2 rings (SSSR count). The Bertz CT molecular complexity index is 726. The van der Waals surface area contributed by atoms with Gasteiger partial charge in [-0.25, -0.2) is 4.79 Å². The van der Waals surface area contributed by atoms with Crippen LogP contribution in [0.4, 0.5) is 0 Å². The summed E-state index contributed by atoms with van der Waals surface area (Å²) in [5, 5.41) is 21.4. The van der Waals surface area contributed by atoms with Crippen LogP contribution >= 0.6 is 0 Å². The first-order chi connectivity index (χ1) is 10.4. The number of nitrogens with one attached hydrogen (secondary N) is 1. The zero-order valence-corrected chi connectivity index (χ0v) is 12.2. The van der Waals surface area contributed by atoms with Crippen molar-refractivity contribution in [1.82, 2.24) is 10.3 Å². The van der Waals surface area contributed by atoms with Gasteiger partial charge >= 0.3 is 5.97 Å². The van der Waals surface area contributed by atoms with Crippen molar-refractivity contribution in [2.24, 2.45) is 0 Å². The first-order valence-electron chi connectivity index (χ1n) is 6.71. The van der Waals surface area contributed by atoms with E-state index in [1.165, 1.54) is 18.3 Å². The Morgan fingerprint density at radius 2 is 1.86 bits per heavy atom. The molecule has 1 heterocycles. The van der Waals surface area contributed by atoms with E-state index in [0.717, 1.165) is 0 Å². The normalized spacial score (nSPS) is 10.5. The van der Waals surface area contributed by atoms with Gasteiger partial charge in [-0.2, -0.15) is 0 Å². The van der Waals surface area contributed by atoms with Crippen LogP contribution in [-0.2, 0) is 0 Å². The first-order valence-corrected chi connectivity index (χ1v) is 6.71. The summed E-state index contributed by atoms with van der Waals surface area (Å²) in [7, 11) is 0. The van der Waals surface area contributed by atoms with Gasteiger partial charge in [-0.3, -0.25) is 9.78 Å². The van der Waals surface area contributed by atoms with Crippen LogP contribution in [0.15, 0.2) is 36.7 Å². The molecule has 0 bridgehead atoms. The number of aromatic hydroxyl groups is 1. The maximum atomic E-state index is 12.0. The summed E-state index contributed by atoms with van der Waals surface area (Å²) in [6.45, 7) is 3.72. The third kappa shape index (κ3) is 3.41. The summed E-state index contributed by atoms with van der Waals surface area (Å²) in [6, 6.07) is 5.86. The SMILES string of the molecule is CC(C)NC(=O)c1cncc(-c2ccc(C(=O)O)c(O)c2)c1. The molecule has 6 heteroatoms. The second-order valence-electron chi connectivity index (χ2n) is 5.13. The number of rotatable bonds is 4. The van der Waals surface area contributed by atoms with E-state index in [2.05, 4.69) is 10.3 Å². The summed E-state index contributed by atoms with van der Waals surface area (Å²) in [6.07, 6.45) is 2.99. The summed E-state index contributed by atoms with van der Waals surface area (Å²) < 4.78 is 0. The molecule has 1 aromatic carbocycles. The molecule has 0 saturated carbocycles. The molecule has 0 fully saturated rings. The number of phenols is 1. The molecule has 2 aromatic rings. The topological polar surface area (TPSA) is 99.5 Å². The number of carboxylic acid groups (broad SMARTS) is 1. The fourth-order valence-corrected chi connectivity index (χ4v) is 1.96. The molecule has 114 valence electrons. The molecule has 6 nitrogen and oxygen atoms in total. The molecule has 1 aromatic heterocycles. The lowest BCUT2D eigenvalue weighted by atomic mass is 10.0. The molecule has 0 aliphatic carbocycles. The minimum Gasteiger partial charge on any atom is -0.507 e. The van der Waals surface area contributed by atoms with E-state index in [0.29, 0.717) is 16.7 Å². The van der Waals surface area contributed by atoms with E-state index in [4.69, 9.17) is 5.11 Å². The summed E-state index contributed by atoms with van der Waals surface area (Å²) in [5.41, 5.74) is 1.41. The number of hydrogen-bond donors (Lipinski definition) is 3. The van der Waals surface area contributed by atoms with E-state index < -0.39 is 5.97 Å². The molecular weight excluding hydrogens is 284 g/mol. The lowest BCUT2D eigenvalue weighted by molar-refractivity contribution is 0.0693. The van der Waals surface area contributed by atoms with Crippen LogP contribution in [0.5, 0.6) is 5.75 Å². The number of carbonyl (C=O) groups is 2. The van der Waals surface area contributed by atoms with Gasteiger partial charge in [-0.05, 0) is 37.6 Å². The van der Waals surface area contributed by atoms with E-state index in [-0.39, 0.29) is 23.3 Å². The van der Waals surface area contributed by atoms with Crippen molar-refractivity contribution in [1.29, 1.82) is 0 Å². The number of pyridine rings is 1. The van der Waals surface area contributed by atoms with Gasteiger partial charge in [-0.1, -0.05) is 6.07 Å². The second-order valence-corrected chi connectivity index (χ2v) is 5.13. The Kier molecular flexibility index (Phi) is 4.41. The van der Waals surface area contributed by atoms with Crippen LogP contribution in [-0.4, -0.2) is 33.1 Å². The first kappa shape index (κ1) is 15.5. The summed E-state index contributed by atoms with van der Waals surface area (Å²) >= 11 is 0. The van der Waals surface area contributed by atoms with Crippen molar-refractivity contribution in [3.8, 4) is 16.9 Å².